The van der Waals surface area contributed by atoms with Crippen molar-refractivity contribution in [3.05, 3.63) is 59.4 Å². The van der Waals surface area contributed by atoms with Gasteiger partial charge in [-0.1, -0.05) is 26.0 Å². The first-order valence-electron chi connectivity index (χ1n) is 8.49. The minimum Gasteiger partial charge on any atom is -0.492 e. The summed E-state index contributed by atoms with van der Waals surface area (Å²) in [5.41, 5.74) is 2.74. The van der Waals surface area contributed by atoms with Gasteiger partial charge in [-0.3, -0.25) is 4.98 Å². The standard InChI is InChI=1S/C20H26N2O3/c1-14(2)18(19-15(3)7-6-10-21-19)22-11-12-25-17-9-5-8-16(13-17)20(23)24-4/h5-10,13-14,18,22H,11-12H2,1-4H3. The van der Waals surface area contributed by atoms with E-state index in [0.29, 0.717) is 30.4 Å². The van der Waals surface area contributed by atoms with Crippen molar-refractivity contribution in [2.45, 2.75) is 26.8 Å². The Kier molecular flexibility index (Phi) is 6.95. The Bertz CT molecular complexity index is 701. The lowest BCUT2D eigenvalue weighted by Crippen LogP contribution is -2.30. The van der Waals surface area contributed by atoms with Gasteiger partial charge in [0, 0.05) is 12.7 Å². The van der Waals surface area contributed by atoms with Crippen molar-refractivity contribution in [2.75, 3.05) is 20.3 Å². The normalized spacial score (nSPS) is 12.0. The number of nitrogens with one attached hydrogen (secondary N) is 1. The molecule has 0 saturated carbocycles. The summed E-state index contributed by atoms with van der Waals surface area (Å²) < 4.78 is 10.5. The van der Waals surface area contributed by atoms with E-state index in [9.17, 15) is 4.79 Å². The molecule has 2 rings (SSSR count). The van der Waals surface area contributed by atoms with Gasteiger partial charge in [0.2, 0.25) is 0 Å². The summed E-state index contributed by atoms with van der Waals surface area (Å²) in [7, 11) is 1.37. The molecular formula is C20H26N2O3. The van der Waals surface area contributed by atoms with Gasteiger partial charge in [0.25, 0.3) is 0 Å². The number of hydrogen-bond acceptors (Lipinski definition) is 5. The van der Waals surface area contributed by atoms with Gasteiger partial charge >= 0.3 is 5.97 Å². The van der Waals surface area contributed by atoms with Crippen LogP contribution < -0.4 is 10.1 Å². The Hall–Kier alpha value is -2.40. The van der Waals surface area contributed by atoms with Crippen molar-refractivity contribution in [3.8, 4) is 5.75 Å². The van der Waals surface area contributed by atoms with Crippen LogP contribution in [0, 0.1) is 12.8 Å². The van der Waals surface area contributed by atoms with Crippen LogP contribution in [0.4, 0.5) is 0 Å². The quantitative estimate of drug-likeness (QED) is 0.587. The molecule has 0 amide bonds. The molecule has 2 aromatic rings. The van der Waals surface area contributed by atoms with Gasteiger partial charge in [0.05, 0.1) is 24.4 Å². The average molecular weight is 342 g/mol. The van der Waals surface area contributed by atoms with Crippen molar-refractivity contribution in [2.24, 2.45) is 5.92 Å². The zero-order chi connectivity index (χ0) is 18.2. The topological polar surface area (TPSA) is 60.5 Å². The van der Waals surface area contributed by atoms with E-state index in [4.69, 9.17) is 9.47 Å². The van der Waals surface area contributed by atoms with E-state index < -0.39 is 0 Å². The number of methoxy groups -OCH3 is 1. The largest absolute Gasteiger partial charge is 0.492 e. The number of hydrogen-bond donors (Lipinski definition) is 1. The predicted octanol–water partition coefficient (Wildman–Crippen LogP) is 3.54. The maximum atomic E-state index is 11.6. The summed E-state index contributed by atoms with van der Waals surface area (Å²) in [6, 6.07) is 11.2. The molecule has 1 atom stereocenters. The summed E-state index contributed by atoms with van der Waals surface area (Å²) in [5, 5.41) is 3.52. The van der Waals surface area contributed by atoms with E-state index in [2.05, 4.69) is 37.1 Å². The Balaban J connectivity index is 1.91. The van der Waals surface area contributed by atoms with E-state index >= 15 is 0 Å². The van der Waals surface area contributed by atoms with Crippen LogP contribution in [0.25, 0.3) is 0 Å². The number of ether oxygens (including phenoxy) is 2. The zero-order valence-electron chi connectivity index (χ0n) is 15.3. The highest BCUT2D eigenvalue weighted by atomic mass is 16.5. The molecule has 0 radical (unpaired) electrons. The first kappa shape index (κ1) is 18.9. The summed E-state index contributed by atoms with van der Waals surface area (Å²) in [6.07, 6.45) is 1.83. The summed E-state index contributed by atoms with van der Waals surface area (Å²) >= 11 is 0. The Morgan fingerprint density at radius 1 is 1.24 bits per heavy atom. The molecule has 134 valence electrons. The SMILES string of the molecule is COC(=O)c1cccc(OCCNC(c2ncccc2C)C(C)C)c1. The maximum Gasteiger partial charge on any atom is 0.337 e. The lowest BCUT2D eigenvalue weighted by Gasteiger charge is -2.23. The van der Waals surface area contributed by atoms with Crippen LogP contribution in [0.1, 0.15) is 41.5 Å². The van der Waals surface area contributed by atoms with Gasteiger partial charge in [-0.25, -0.2) is 4.79 Å². The van der Waals surface area contributed by atoms with Crippen LogP contribution in [0.3, 0.4) is 0 Å². The molecule has 1 aromatic carbocycles. The molecule has 0 bridgehead atoms. The van der Waals surface area contributed by atoms with Gasteiger partial charge in [-0.15, -0.1) is 0 Å². The van der Waals surface area contributed by atoms with Gasteiger partial charge in [-0.2, -0.15) is 0 Å². The maximum absolute atomic E-state index is 11.6. The van der Waals surface area contributed by atoms with Crippen LogP contribution >= 0.6 is 0 Å². The highest BCUT2D eigenvalue weighted by Crippen LogP contribution is 2.22. The first-order chi connectivity index (χ1) is 12.0. The monoisotopic (exact) mass is 342 g/mol. The van der Waals surface area contributed by atoms with E-state index in [-0.39, 0.29) is 12.0 Å². The predicted molar refractivity (Wildman–Crippen MR) is 97.8 cm³/mol. The molecule has 5 heteroatoms. The molecular weight excluding hydrogens is 316 g/mol. The van der Waals surface area contributed by atoms with E-state index in [1.165, 1.54) is 12.7 Å². The molecule has 1 aromatic heterocycles. The van der Waals surface area contributed by atoms with Crippen molar-refractivity contribution < 1.29 is 14.3 Å². The van der Waals surface area contributed by atoms with E-state index in [1.807, 2.05) is 18.3 Å². The number of carbonyl (C=O) groups excluding carboxylic acids is 1. The molecule has 1 heterocycles. The third-order valence-electron chi connectivity index (χ3n) is 4.00. The fourth-order valence-electron chi connectivity index (χ4n) is 2.69. The average Bonchev–Trinajstić information content (AvgIpc) is 2.62. The molecule has 0 fully saturated rings. The number of aryl methyl sites for hydroxylation is 1. The van der Waals surface area contributed by atoms with Crippen molar-refractivity contribution in [3.63, 3.8) is 0 Å². The minimum absolute atomic E-state index is 0.172. The number of benzene rings is 1. The second kappa shape index (κ2) is 9.18. The number of esters is 1. The second-order valence-electron chi connectivity index (χ2n) is 6.25. The highest BCUT2D eigenvalue weighted by Gasteiger charge is 2.18. The molecule has 0 aliphatic carbocycles. The third-order valence-corrected chi connectivity index (χ3v) is 4.00. The lowest BCUT2D eigenvalue weighted by atomic mass is 9.97. The number of pyridine rings is 1. The molecule has 0 spiro atoms. The molecule has 0 aliphatic rings. The van der Waals surface area contributed by atoms with Crippen LogP contribution in [-0.2, 0) is 4.74 Å². The lowest BCUT2D eigenvalue weighted by molar-refractivity contribution is 0.0600. The zero-order valence-corrected chi connectivity index (χ0v) is 15.3. The van der Waals surface area contributed by atoms with Gasteiger partial charge in [-0.05, 0) is 42.7 Å². The Labute approximate surface area is 149 Å². The fourth-order valence-corrected chi connectivity index (χ4v) is 2.69. The van der Waals surface area contributed by atoms with Crippen LogP contribution in [0.2, 0.25) is 0 Å². The van der Waals surface area contributed by atoms with Crippen LogP contribution in [-0.4, -0.2) is 31.2 Å². The highest BCUT2D eigenvalue weighted by molar-refractivity contribution is 5.89. The molecule has 25 heavy (non-hydrogen) atoms. The molecule has 5 nitrogen and oxygen atoms in total. The Morgan fingerprint density at radius 3 is 2.72 bits per heavy atom. The Morgan fingerprint density at radius 2 is 2.04 bits per heavy atom. The van der Waals surface area contributed by atoms with Crippen molar-refractivity contribution in [1.29, 1.82) is 0 Å². The van der Waals surface area contributed by atoms with Gasteiger partial charge in [0.15, 0.2) is 0 Å². The smallest absolute Gasteiger partial charge is 0.337 e. The number of rotatable bonds is 8. The fraction of sp³-hybridized carbons (Fsp3) is 0.400. The van der Waals surface area contributed by atoms with E-state index in [1.54, 1.807) is 18.2 Å². The summed E-state index contributed by atoms with van der Waals surface area (Å²) in [5.74, 6) is 0.699. The van der Waals surface area contributed by atoms with Crippen LogP contribution in [0.15, 0.2) is 42.6 Å². The number of aromatic nitrogens is 1. The van der Waals surface area contributed by atoms with Crippen molar-refractivity contribution in [1.82, 2.24) is 10.3 Å². The summed E-state index contributed by atoms with van der Waals surface area (Å²) in [4.78, 5) is 16.1. The van der Waals surface area contributed by atoms with Gasteiger partial charge < -0.3 is 14.8 Å². The number of nitrogens with zero attached hydrogens (tertiary/aromatic N) is 1. The van der Waals surface area contributed by atoms with E-state index in [0.717, 1.165) is 5.69 Å². The third kappa shape index (κ3) is 5.29. The molecule has 1 unspecified atom stereocenters. The van der Waals surface area contributed by atoms with Crippen molar-refractivity contribution >= 4 is 5.97 Å². The molecule has 0 aliphatic heterocycles. The first-order valence-corrected chi connectivity index (χ1v) is 8.49. The summed E-state index contributed by atoms with van der Waals surface area (Å²) in [6.45, 7) is 7.61. The molecule has 0 saturated heterocycles. The van der Waals surface area contributed by atoms with Gasteiger partial charge in [0.1, 0.15) is 12.4 Å². The number of carbonyl (C=O) groups is 1. The minimum atomic E-state index is -0.367. The second-order valence-corrected chi connectivity index (χ2v) is 6.25. The molecule has 1 N–H and O–H groups in total. The van der Waals surface area contributed by atoms with Crippen LogP contribution in [0.5, 0.6) is 5.75 Å².